The Morgan fingerprint density at radius 1 is 1.30 bits per heavy atom. The highest BCUT2D eigenvalue weighted by Crippen LogP contribution is 2.00. The van der Waals surface area contributed by atoms with Crippen LogP contribution in [0.2, 0.25) is 0 Å². The zero-order chi connectivity index (χ0) is 7.40. The van der Waals surface area contributed by atoms with Crippen LogP contribution in [0.1, 0.15) is 18.3 Å². The minimum atomic E-state index is 0.782. The summed E-state index contributed by atoms with van der Waals surface area (Å²) in [5, 5.41) is 0.782. The highest BCUT2D eigenvalue weighted by molar-refractivity contribution is 9.08. The Morgan fingerprint density at radius 3 is 2.30 bits per heavy atom. The number of alkyl halides is 1. The molecule has 0 fully saturated rings. The number of rotatable bonds is 2. The largest absolute Gasteiger partial charge is 0.258 e. The van der Waals surface area contributed by atoms with Crippen LogP contribution in [0.25, 0.3) is 0 Å². The molecule has 0 N–H and O–H groups in total. The summed E-state index contributed by atoms with van der Waals surface area (Å²) in [6, 6.07) is 0. The Bertz CT molecular complexity index is 172. The Labute approximate surface area is 68.8 Å². The van der Waals surface area contributed by atoms with E-state index in [-0.39, 0.29) is 0 Å². The van der Waals surface area contributed by atoms with Crippen LogP contribution >= 0.6 is 15.9 Å². The lowest BCUT2D eigenvalue weighted by molar-refractivity contribution is 0.974. The van der Waals surface area contributed by atoms with Crippen molar-refractivity contribution >= 4 is 15.9 Å². The third kappa shape index (κ3) is 1.77. The summed E-state index contributed by atoms with van der Waals surface area (Å²) in [6.07, 6.45) is 4.57. The first-order valence-electron chi connectivity index (χ1n) is 3.22. The second kappa shape index (κ2) is 3.66. The predicted molar refractivity (Wildman–Crippen MR) is 44.0 cm³/mol. The Morgan fingerprint density at radius 2 is 1.90 bits per heavy atom. The second-order valence-corrected chi connectivity index (χ2v) is 2.55. The summed E-state index contributed by atoms with van der Waals surface area (Å²) in [6.45, 7) is 2.07. The van der Waals surface area contributed by atoms with Gasteiger partial charge in [0.25, 0.3) is 0 Å². The molecule has 2 nitrogen and oxygen atoms in total. The van der Waals surface area contributed by atoms with E-state index in [1.807, 2.05) is 6.20 Å². The molecule has 0 aliphatic rings. The van der Waals surface area contributed by atoms with Gasteiger partial charge in [-0.05, 0) is 6.42 Å². The van der Waals surface area contributed by atoms with Gasteiger partial charge in [0.1, 0.15) is 0 Å². The van der Waals surface area contributed by atoms with Crippen LogP contribution in [0.3, 0.4) is 0 Å². The fourth-order valence-electron chi connectivity index (χ4n) is 0.633. The molecule has 3 heteroatoms. The maximum Gasteiger partial charge on any atom is 0.0692 e. The fraction of sp³-hybridized carbons (Fsp3) is 0.429. The topological polar surface area (TPSA) is 25.8 Å². The van der Waals surface area contributed by atoms with Crippen LogP contribution in [0.15, 0.2) is 12.4 Å². The molecular weight excluding hydrogens is 192 g/mol. The monoisotopic (exact) mass is 200 g/mol. The van der Waals surface area contributed by atoms with Gasteiger partial charge in [0, 0.05) is 17.7 Å². The highest BCUT2D eigenvalue weighted by Gasteiger charge is 1.91. The maximum absolute atomic E-state index is 4.18. The standard InChI is InChI=1S/C7H9BrN2/c1-2-6-4-10-7(3-8)5-9-6/h4-5H,2-3H2,1H3. The van der Waals surface area contributed by atoms with Crippen molar-refractivity contribution in [1.82, 2.24) is 9.97 Å². The lowest BCUT2D eigenvalue weighted by Crippen LogP contribution is -1.91. The van der Waals surface area contributed by atoms with Gasteiger partial charge in [0.05, 0.1) is 11.4 Å². The smallest absolute Gasteiger partial charge is 0.0692 e. The minimum absolute atomic E-state index is 0.782. The minimum Gasteiger partial charge on any atom is -0.258 e. The third-order valence-corrected chi connectivity index (χ3v) is 1.83. The first kappa shape index (κ1) is 7.66. The van der Waals surface area contributed by atoms with Crippen molar-refractivity contribution in [1.29, 1.82) is 0 Å². The molecule has 1 aromatic rings. The summed E-state index contributed by atoms with van der Waals surface area (Å²) in [7, 11) is 0. The molecule has 1 heterocycles. The molecule has 0 saturated carbocycles. The zero-order valence-corrected chi connectivity index (χ0v) is 7.43. The van der Waals surface area contributed by atoms with Gasteiger partial charge in [-0.3, -0.25) is 9.97 Å². The van der Waals surface area contributed by atoms with E-state index in [1.165, 1.54) is 0 Å². The first-order chi connectivity index (χ1) is 4.86. The van der Waals surface area contributed by atoms with Crippen molar-refractivity contribution in [3.05, 3.63) is 23.8 Å². The van der Waals surface area contributed by atoms with E-state index in [4.69, 9.17) is 0 Å². The molecule has 0 unspecified atom stereocenters. The molecule has 54 valence electrons. The van der Waals surface area contributed by atoms with Gasteiger partial charge in [-0.1, -0.05) is 22.9 Å². The van der Waals surface area contributed by atoms with Gasteiger partial charge in [0.15, 0.2) is 0 Å². The number of aryl methyl sites for hydroxylation is 1. The van der Waals surface area contributed by atoms with E-state index in [0.717, 1.165) is 23.1 Å². The van der Waals surface area contributed by atoms with Crippen LogP contribution in [-0.4, -0.2) is 9.97 Å². The quantitative estimate of drug-likeness (QED) is 0.683. The summed E-state index contributed by atoms with van der Waals surface area (Å²) in [5.74, 6) is 0. The molecule has 0 radical (unpaired) electrons. The molecule has 0 aliphatic heterocycles. The van der Waals surface area contributed by atoms with E-state index < -0.39 is 0 Å². The number of hydrogen-bond acceptors (Lipinski definition) is 2. The van der Waals surface area contributed by atoms with Gasteiger partial charge in [0.2, 0.25) is 0 Å². The molecule has 10 heavy (non-hydrogen) atoms. The van der Waals surface area contributed by atoms with Gasteiger partial charge >= 0.3 is 0 Å². The summed E-state index contributed by atoms with van der Waals surface area (Å²) >= 11 is 3.30. The van der Waals surface area contributed by atoms with E-state index in [2.05, 4.69) is 32.8 Å². The summed E-state index contributed by atoms with van der Waals surface area (Å²) < 4.78 is 0. The average Bonchev–Trinajstić information content (AvgIpc) is 2.05. The SMILES string of the molecule is CCc1cnc(CBr)cn1. The lowest BCUT2D eigenvalue weighted by atomic mass is 10.3. The third-order valence-electron chi connectivity index (χ3n) is 1.26. The van der Waals surface area contributed by atoms with Gasteiger partial charge < -0.3 is 0 Å². The molecule has 0 saturated heterocycles. The normalized spacial score (nSPS) is 9.80. The molecule has 0 amide bonds. The van der Waals surface area contributed by atoms with Gasteiger partial charge in [-0.15, -0.1) is 0 Å². The van der Waals surface area contributed by atoms with E-state index >= 15 is 0 Å². The molecule has 0 atom stereocenters. The van der Waals surface area contributed by atoms with Gasteiger partial charge in [-0.25, -0.2) is 0 Å². The summed E-state index contributed by atoms with van der Waals surface area (Å²) in [4.78, 5) is 8.33. The van der Waals surface area contributed by atoms with Crippen molar-refractivity contribution in [3.63, 3.8) is 0 Å². The van der Waals surface area contributed by atoms with Crippen LogP contribution < -0.4 is 0 Å². The van der Waals surface area contributed by atoms with Crippen molar-refractivity contribution < 1.29 is 0 Å². The predicted octanol–water partition coefficient (Wildman–Crippen LogP) is 1.93. The van der Waals surface area contributed by atoms with Crippen LogP contribution in [0.5, 0.6) is 0 Å². The molecule has 1 aromatic heterocycles. The maximum atomic E-state index is 4.18. The van der Waals surface area contributed by atoms with Gasteiger partial charge in [-0.2, -0.15) is 0 Å². The Hall–Kier alpha value is -0.440. The lowest BCUT2D eigenvalue weighted by Gasteiger charge is -1.95. The number of nitrogens with zero attached hydrogens (tertiary/aromatic N) is 2. The van der Waals surface area contributed by atoms with E-state index in [9.17, 15) is 0 Å². The number of aromatic nitrogens is 2. The Kier molecular flexibility index (Phi) is 2.81. The molecule has 0 bridgehead atoms. The molecular formula is C7H9BrN2. The Balaban J connectivity index is 2.80. The zero-order valence-electron chi connectivity index (χ0n) is 5.84. The summed E-state index contributed by atoms with van der Waals surface area (Å²) in [5.41, 5.74) is 2.03. The fourth-order valence-corrected chi connectivity index (χ4v) is 0.923. The van der Waals surface area contributed by atoms with Crippen molar-refractivity contribution in [2.45, 2.75) is 18.7 Å². The average molecular weight is 201 g/mol. The molecule has 0 aromatic carbocycles. The highest BCUT2D eigenvalue weighted by atomic mass is 79.9. The second-order valence-electron chi connectivity index (χ2n) is 1.99. The van der Waals surface area contributed by atoms with Crippen molar-refractivity contribution in [2.75, 3.05) is 0 Å². The molecule has 0 aliphatic carbocycles. The molecule has 0 spiro atoms. The molecule has 1 rings (SSSR count). The first-order valence-corrected chi connectivity index (χ1v) is 4.34. The van der Waals surface area contributed by atoms with Crippen molar-refractivity contribution in [2.24, 2.45) is 0 Å². The van der Waals surface area contributed by atoms with Crippen LogP contribution in [0, 0.1) is 0 Å². The van der Waals surface area contributed by atoms with Crippen molar-refractivity contribution in [3.8, 4) is 0 Å². The number of hydrogen-bond donors (Lipinski definition) is 0. The van der Waals surface area contributed by atoms with Crippen LogP contribution in [0.4, 0.5) is 0 Å². The van der Waals surface area contributed by atoms with Crippen LogP contribution in [-0.2, 0) is 11.8 Å². The number of halogens is 1. The van der Waals surface area contributed by atoms with E-state index in [0.29, 0.717) is 0 Å². The van der Waals surface area contributed by atoms with E-state index in [1.54, 1.807) is 6.20 Å².